The van der Waals surface area contributed by atoms with Crippen LogP contribution in [0.25, 0.3) is 0 Å². The first kappa shape index (κ1) is 12.1. The van der Waals surface area contributed by atoms with Crippen molar-refractivity contribution in [2.75, 3.05) is 13.1 Å². The van der Waals surface area contributed by atoms with Gasteiger partial charge in [0.05, 0.1) is 0 Å². The Hall–Kier alpha value is -1.35. The standard InChI is InChI=1S/C14H20N2O/c1-12-4-2-3-5-13(12)10-14(15)6-8-16(11-17)9-7-14/h2-5,11H,6-10,15H2,1H3. The lowest BCUT2D eigenvalue weighted by Crippen LogP contribution is -2.51. The molecule has 1 saturated heterocycles. The van der Waals surface area contributed by atoms with Gasteiger partial charge in [-0.3, -0.25) is 4.79 Å². The van der Waals surface area contributed by atoms with Crippen molar-refractivity contribution in [2.45, 2.75) is 31.7 Å². The quantitative estimate of drug-likeness (QED) is 0.803. The minimum absolute atomic E-state index is 0.147. The van der Waals surface area contributed by atoms with E-state index in [4.69, 9.17) is 5.73 Å². The average molecular weight is 232 g/mol. The number of carbonyl (C=O) groups excluding carboxylic acids is 1. The van der Waals surface area contributed by atoms with Gasteiger partial charge >= 0.3 is 0 Å². The average Bonchev–Trinajstić information content (AvgIpc) is 2.33. The van der Waals surface area contributed by atoms with Crippen LogP contribution in [0.3, 0.4) is 0 Å². The Kier molecular flexibility index (Phi) is 3.48. The summed E-state index contributed by atoms with van der Waals surface area (Å²) >= 11 is 0. The highest BCUT2D eigenvalue weighted by Crippen LogP contribution is 2.24. The molecule has 0 aliphatic carbocycles. The molecule has 0 saturated carbocycles. The summed E-state index contributed by atoms with van der Waals surface area (Å²) in [5.41, 5.74) is 8.92. The maximum atomic E-state index is 10.7. The van der Waals surface area contributed by atoms with E-state index in [1.54, 1.807) is 0 Å². The van der Waals surface area contributed by atoms with E-state index in [0.717, 1.165) is 38.8 Å². The molecule has 92 valence electrons. The van der Waals surface area contributed by atoms with Gasteiger partial charge in [-0.05, 0) is 37.3 Å². The Morgan fingerprint density at radius 3 is 2.59 bits per heavy atom. The second-order valence-corrected chi connectivity index (χ2v) is 5.11. The molecule has 1 aromatic rings. The molecule has 0 aromatic heterocycles. The number of aryl methyl sites for hydroxylation is 1. The van der Waals surface area contributed by atoms with Gasteiger partial charge in [0.25, 0.3) is 0 Å². The van der Waals surface area contributed by atoms with Crippen molar-refractivity contribution in [1.82, 2.24) is 4.90 Å². The fourth-order valence-electron chi connectivity index (χ4n) is 2.44. The molecule has 1 fully saturated rings. The summed E-state index contributed by atoms with van der Waals surface area (Å²) in [5.74, 6) is 0. The second kappa shape index (κ2) is 4.88. The number of likely N-dealkylation sites (tertiary alicyclic amines) is 1. The van der Waals surface area contributed by atoms with Crippen molar-refractivity contribution in [3.8, 4) is 0 Å². The molecule has 1 heterocycles. The van der Waals surface area contributed by atoms with Gasteiger partial charge < -0.3 is 10.6 Å². The van der Waals surface area contributed by atoms with Crippen molar-refractivity contribution in [3.63, 3.8) is 0 Å². The van der Waals surface area contributed by atoms with Gasteiger partial charge in [-0.2, -0.15) is 0 Å². The third-order valence-corrected chi connectivity index (χ3v) is 3.75. The van der Waals surface area contributed by atoms with Crippen LogP contribution in [0.5, 0.6) is 0 Å². The molecule has 0 atom stereocenters. The number of benzene rings is 1. The summed E-state index contributed by atoms with van der Waals surface area (Å²) in [4.78, 5) is 12.5. The Morgan fingerprint density at radius 2 is 2.00 bits per heavy atom. The number of hydrogen-bond donors (Lipinski definition) is 1. The van der Waals surface area contributed by atoms with Crippen LogP contribution in [0.15, 0.2) is 24.3 Å². The molecule has 3 heteroatoms. The summed E-state index contributed by atoms with van der Waals surface area (Å²) in [6.07, 6.45) is 3.61. The van der Waals surface area contributed by atoms with E-state index >= 15 is 0 Å². The van der Waals surface area contributed by atoms with Gasteiger partial charge in [-0.15, -0.1) is 0 Å². The lowest BCUT2D eigenvalue weighted by atomic mass is 9.82. The lowest BCUT2D eigenvalue weighted by molar-refractivity contribution is -0.119. The Bertz CT molecular complexity index is 395. The first-order valence-electron chi connectivity index (χ1n) is 6.16. The maximum absolute atomic E-state index is 10.7. The maximum Gasteiger partial charge on any atom is 0.209 e. The van der Waals surface area contributed by atoms with E-state index in [1.807, 2.05) is 4.90 Å². The summed E-state index contributed by atoms with van der Waals surface area (Å²) in [6, 6.07) is 8.39. The van der Waals surface area contributed by atoms with Crippen LogP contribution in [0.4, 0.5) is 0 Å². The number of amides is 1. The molecular weight excluding hydrogens is 212 g/mol. The number of nitrogens with two attached hydrogens (primary N) is 1. The van der Waals surface area contributed by atoms with Crippen LogP contribution >= 0.6 is 0 Å². The normalized spacial score (nSPS) is 19.1. The smallest absolute Gasteiger partial charge is 0.209 e. The van der Waals surface area contributed by atoms with E-state index in [-0.39, 0.29) is 5.54 Å². The fraction of sp³-hybridized carbons (Fsp3) is 0.500. The topological polar surface area (TPSA) is 46.3 Å². The van der Waals surface area contributed by atoms with Crippen LogP contribution in [0.1, 0.15) is 24.0 Å². The molecule has 0 bridgehead atoms. The predicted molar refractivity (Wildman–Crippen MR) is 68.7 cm³/mol. The van der Waals surface area contributed by atoms with Crippen molar-refractivity contribution in [2.24, 2.45) is 5.73 Å². The van der Waals surface area contributed by atoms with Gasteiger partial charge in [0, 0.05) is 18.6 Å². The first-order chi connectivity index (χ1) is 8.13. The molecule has 3 nitrogen and oxygen atoms in total. The largest absolute Gasteiger partial charge is 0.345 e. The molecule has 17 heavy (non-hydrogen) atoms. The van der Waals surface area contributed by atoms with Crippen LogP contribution in [-0.2, 0) is 11.2 Å². The molecule has 1 aromatic carbocycles. The summed E-state index contributed by atoms with van der Waals surface area (Å²) in [5, 5.41) is 0. The van der Waals surface area contributed by atoms with Crippen molar-refractivity contribution >= 4 is 6.41 Å². The first-order valence-corrected chi connectivity index (χ1v) is 6.16. The minimum atomic E-state index is -0.147. The Balaban J connectivity index is 2.04. The highest BCUT2D eigenvalue weighted by Gasteiger charge is 2.30. The van der Waals surface area contributed by atoms with Crippen molar-refractivity contribution < 1.29 is 4.79 Å². The van der Waals surface area contributed by atoms with Gasteiger partial charge in [-0.25, -0.2) is 0 Å². The number of piperidine rings is 1. The third-order valence-electron chi connectivity index (χ3n) is 3.75. The highest BCUT2D eigenvalue weighted by molar-refractivity contribution is 5.47. The lowest BCUT2D eigenvalue weighted by Gasteiger charge is -2.38. The van der Waals surface area contributed by atoms with Crippen molar-refractivity contribution in [1.29, 1.82) is 0 Å². The summed E-state index contributed by atoms with van der Waals surface area (Å²) < 4.78 is 0. The molecule has 0 spiro atoms. The van der Waals surface area contributed by atoms with E-state index in [2.05, 4.69) is 31.2 Å². The Morgan fingerprint density at radius 1 is 1.35 bits per heavy atom. The minimum Gasteiger partial charge on any atom is -0.345 e. The van der Waals surface area contributed by atoms with Crippen LogP contribution in [0.2, 0.25) is 0 Å². The Labute approximate surface area is 103 Å². The number of rotatable bonds is 3. The second-order valence-electron chi connectivity index (χ2n) is 5.11. The van der Waals surface area contributed by atoms with E-state index < -0.39 is 0 Å². The molecule has 1 aliphatic heterocycles. The van der Waals surface area contributed by atoms with E-state index in [1.165, 1.54) is 11.1 Å². The van der Waals surface area contributed by atoms with Crippen LogP contribution < -0.4 is 5.73 Å². The summed E-state index contributed by atoms with van der Waals surface area (Å²) in [6.45, 7) is 3.69. The van der Waals surface area contributed by atoms with Gasteiger partial charge in [-0.1, -0.05) is 24.3 Å². The molecule has 1 amide bonds. The van der Waals surface area contributed by atoms with Crippen LogP contribution in [0, 0.1) is 6.92 Å². The molecule has 0 radical (unpaired) electrons. The zero-order chi connectivity index (χ0) is 12.3. The number of nitrogens with zero attached hydrogens (tertiary/aromatic N) is 1. The van der Waals surface area contributed by atoms with Gasteiger partial charge in [0.1, 0.15) is 0 Å². The number of hydrogen-bond acceptors (Lipinski definition) is 2. The highest BCUT2D eigenvalue weighted by atomic mass is 16.1. The molecule has 2 N–H and O–H groups in total. The van der Waals surface area contributed by atoms with E-state index in [9.17, 15) is 4.79 Å². The molecule has 0 unspecified atom stereocenters. The zero-order valence-electron chi connectivity index (χ0n) is 10.4. The molecular formula is C14H20N2O. The van der Waals surface area contributed by atoms with Gasteiger partial charge in [0.15, 0.2) is 0 Å². The fourth-order valence-corrected chi connectivity index (χ4v) is 2.44. The zero-order valence-corrected chi connectivity index (χ0v) is 10.4. The molecule has 1 aliphatic rings. The third kappa shape index (κ3) is 2.86. The molecule has 2 rings (SSSR count). The van der Waals surface area contributed by atoms with Crippen LogP contribution in [-0.4, -0.2) is 29.9 Å². The SMILES string of the molecule is Cc1ccccc1CC1(N)CCN(C=O)CC1. The van der Waals surface area contributed by atoms with E-state index in [0.29, 0.717) is 0 Å². The number of carbonyl (C=O) groups is 1. The van der Waals surface area contributed by atoms with Crippen molar-refractivity contribution in [3.05, 3.63) is 35.4 Å². The predicted octanol–water partition coefficient (Wildman–Crippen LogP) is 1.49. The van der Waals surface area contributed by atoms with Gasteiger partial charge in [0.2, 0.25) is 6.41 Å². The monoisotopic (exact) mass is 232 g/mol. The summed E-state index contributed by atoms with van der Waals surface area (Å²) in [7, 11) is 0.